The molecule has 0 bridgehead atoms. The lowest BCUT2D eigenvalue weighted by Crippen LogP contribution is -2.39. The fourth-order valence-electron chi connectivity index (χ4n) is 3.15. The number of rotatable bonds is 6. The summed E-state index contributed by atoms with van der Waals surface area (Å²) in [7, 11) is 1.59. The molecule has 1 aliphatic heterocycles. The molecule has 0 aliphatic carbocycles. The number of aliphatic hydroxyl groups excluding tert-OH is 1. The number of benzene rings is 1. The van der Waals surface area contributed by atoms with Crippen molar-refractivity contribution in [3.63, 3.8) is 0 Å². The number of pyridine rings is 1. The van der Waals surface area contributed by atoms with Crippen molar-refractivity contribution in [2.24, 2.45) is 0 Å². The maximum Gasteiger partial charge on any atom is 0.254 e. The normalized spacial score (nSPS) is 15.3. The lowest BCUT2D eigenvalue weighted by molar-refractivity contribution is 0.0962. The van der Waals surface area contributed by atoms with E-state index in [1.165, 1.54) is 11.1 Å². The van der Waals surface area contributed by atoms with Crippen molar-refractivity contribution < 1.29 is 9.90 Å². The molecule has 6 nitrogen and oxygen atoms in total. The number of carbonyl (C=O) groups excluding carboxylic acids is 1. The van der Waals surface area contributed by atoms with Gasteiger partial charge in [0.2, 0.25) is 0 Å². The molecule has 0 saturated carbocycles. The molecule has 1 aromatic heterocycles. The number of anilines is 1. The van der Waals surface area contributed by atoms with Crippen LogP contribution < -0.4 is 10.6 Å². The zero-order valence-electron chi connectivity index (χ0n) is 14.4. The third-order valence-corrected chi connectivity index (χ3v) is 4.46. The molecule has 1 aliphatic rings. The third-order valence-electron chi connectivity index (χ3n) is 4.46. The van der Waals surface area contributed by atoms with Gasteiger partial charge in [0, 0.05) is 39.4 Å². The van der Waals surface area contributed by atoms with Crippen molar-refractivity contribution in [2.45, 2.75) is 19.1 Å². The van der Waals surface area contributed by atoms with Gasteiger partial charge in [-0.1, -0.05) is 24.3 Å². The minimum absolute atomic E-state index is 0.197. The summed E-state index contributed by atoms with van der Waals surface area (Å²) in [6.07, 6.45) is 2.10. The number of nitrogens with zero attached hydrogens (tertiary/aromatic N) is 2. The Hall–Kier alpha value is -2.44. The predicted octanol–water partition coefficient (Wildman–Crippen LogP) is 1.27. The van der Waals surface area contributed by atoms with Gasteiger partial charge in [-0.25, -0.2) is 4.98 Å². The molecule has 6 heteroatoms. The lowest BCUT2D eigenvalue weighted by atomic mass is 10.00. The van der Waals surface area contributed by atoms with Crippen LogP contribution in [0.3, 0.4) is 0 Å². The molecular weight excluding hydrogens is 316 g/mol. The topological polar surface area (TPSA) is 77.5 Å². The van der Waals surface area contributed by atoms with Crippen molar-refractivity contribution >= 4 is 11.7 Å². The summed E-state index contributed by atoms with van der Waals surface area (Å²) < 4.78 is 0. The second kappa shape index (κ2) is 8.09. The molecule has 0 fully saturated rings. The smallest absolute Gasteiger partial charge is 0.254 e. The van der Waals surface area contributed by atoms with E-state index in [2.05, 4.69) is 44.8 Å². The number of aliphatic hydroxyl groups is 1. The van der Waals surface area contributed by atoms with Crippen molar-refractivity contribution in [2.75, 3.05) is 32.0 Å². The van der Waals surface area contributed by atoms with Gasteiger partial charge in [0.15, 0.2) is 0 Å². The van der Waals surface area contributed by atoms with Crippen LogP contribution in [0.5, 0.6) is 0 Å². The van der Waals surface area contributed by atoms with Crippen LogP contribution in [-0.4, -0.2) is 53.7 Å². The van der Waals surface area contributed by atoms with E-state index < -0.39 is 6.10 Å². The van der Waals surface area contributed by atoms with Crippen molar-refractivity contribution in [3.05, 3.63) is 59.3 Å². The maximum absolute atomic E-state index is 11.9. The first-order chi connectivity index (χ1) is 12.2. The van der Waals surface area contributed by atoms with Gasteiger partial charge in [0.25, 0.3) is 5.91 Å². The molecule has 0 spiro atoms. The van der Waals surface area contributed by atoms with E-state index >= 15 is 0 Å². The number of fused-ring (bicyclic) bond motifs is 1. The van der Waals surface area contributed by atoms with E-state index in [4.69, 9.17) is 0 Å². The molecule has 1 amide bonds. The van der Waals surface area contributed by atoms with E-state index in [0.717, 1.165) is 19.5 Å². The molecule has 132 valence electrons. The Morgan fingerprint density at radius 1 is 1.28 bits per heavy atom. The highest BCUT2D eigenvalue weighted by atomic mass is 16.3. The first kappa shape index (κ1) is 17.4. The first-order valence-corrected chi connectivity index (χ1v) is 8.55. The lowest BCUT2D eigenvalue weighted by Gasteiger charge is -2.30. The van der Waals surface area contributed by atoms with Crippen LogP contribution in [0.1, 0.15) is 21.5 Å². The van der Waals surface area contributed by atoms with E-state index in [1.807, 2.05) is 0 Å². The number of aromatic nitrogens is 1. The van der Waals surface area contributed by atoms with Gasteiger partial charge in [-0.05, 0) is 29.7 Å². The Kier molecular flexibility index (Phi) is 5.63. The second-order valence-electron chi connectivity index (χ2n) is 6.27. The summed E-state index contributed by atoms with van der Waals surface area (Å²) >= 11 is 0. The number of nitrogens with one attached hydrogen (secondary N) is 2. The zero-order valence-corrected chi connectivity index (χ0v) is 14.4. The van der Waals surface area contributed by atoms with Crippen molar-refractivity contribution in [1.82, 2.24) is 15.2 Å². The highest BCUT2D eigenvalue weighted by Crippen LogP contribution is 2.18. The van der Waals surface area contributed by atoms with Gasteiger partial charge in [-0.15, -0.1) is 0 Å². The SMILES string of the molecule is CNC(=O)c1cccnc1NCC(O)CN1CCc2ccccc2C1. The summed E-state index contributed by atoms with van der Waals surface area (Å²) in [5, 5.41) is 16.0. The van der Waals surface area contributed by atoms with Crippen molar-refractivity contribution in [1.29, 1.82) is 0 Å². The monoisotopic (exact) mass is 340 g/mol. The number of hydrogen-bond acceptors (Lipinski definition) is 5. The minimum atomic E-state index is -0.537. The van der Waals surface area contributed by atoms with Crippen LogP contribution in [0, 0.1) is 0 Å². The van der Waals surface area contributed by atoms with E-state index in [-0.39, 0.29) is 5.91 Å². The first-order valence-electron chi connectivity index (χ1n) is 8.55. The van der Waals surface area contributed by atoms with Crippen LogP contribution >= 0.6 is 0 Å². The van der Waals surface area contributed by atoms with Gasteiger partial charge in [-0.2, -0.15) is 0 Å². The van der Waals surface area contributed by atoms with Gasteiger partial charge in [0.05, 0.1) is 11.7 Å². The Labute approximate surface area is 147 Å². The molecule has 25 heavy (non-hydrogen) atoms. The van der Waals surface area contributed by atoms with Crippen LogP contribution in [0.15, 0.2) is 42.6 Å². The Morgan fingerprint density at radius 3 is 2.88 bits per heavy atom. The molecule has 3 rings (SSSR count). The third kappa shape index (κ3) is 4.35. The standard InChI is InChI=1S/C19H24N4O2/c1-20-19(25)17-7-4-9-21-18(17)22-11-16(24)13-23-10-8-14-5-2-3-6-15(14)12-23/h2-7,9,16,24H,8,10-13H2,1H3,(H,20,25)(H,21,22). The van der Waals surface area contributed by atoms with Gasteiger partial charge >= 0.3 is 0 Å². The summed E-state index contributed by atoms with van der Waals surface area (Å²) in [5.41, 5.74) is 3.21. The average Bonchev–Trinajstić information content (AvgIpc) is 2.66. The van der Waals surface area contributed by atoms with E-state index in [0.29, 0.717) is 24.5 Å². The predicted molar refractivity (Wildman–Crippen MR) is 97.5 cm³/mol. The van der Waals surface area contributed by atoms with Crippen LogP contribution in [0.2, 0.25) is 0 Å². The summed E-state index contributed by atoms with van der Waals surface area (Å²) in [6.45, 7) is 2.74. The average molecular weight is 340 g/mol. The maximum atomic E-state index is 11.9. The fourth-order valence-corrected chi connectivity index (χ4v) is 3.15. The zero-order chi connectivity index (χ0) is 17.6. The molecule has 1 unspecified atom stereocenters. The summed E-state index contributed by atoms with van der Waals surface area (Å²) in [5.74, 6) is 0.294. The highest BCUT2D eigenvalue weighted by molar-refractivity contribution is 5.98. The largest absolute Gasteiger partial charge is 0.390 e. The Bertz CT molecular complexity index is 735. The van der Waals surface area contributed by atoms with Gasteiger partial charge in [0.1, 0.15) is 5.82 Å². The van der Waals surface area contributed by atoms with E-state index in [1.54, 1.807) is 25.4 Å². The van der Waals surface area contributed by atoms with E-state index in [9.17, 15) is 9.90 Å². The fraction of sp³-hybridized carbons (Fsp3) is 0.368. The quantitative estimate of drug-likeness (QED) is 0.738. The molecule has 2 heterocycles. The molecule has 0 saturated heterocycles. The number of amides is 1. The molecule has 2 aromatic rings. The Morgan fingerprint density at radius 2 is 2.08 bits per heavy atom. The van der Waals surface area contributed by atoms with Crippen LogP contribution in [0.4, 0.5) is 5.82 Å². The molecule has 3 N–H and O–H groups in total. The number of carbonyl (C=O) groups is 1. The van der Waals surface area contributed by atoms with Gasteiger partial charge in [-0.3, -0.25) is 9.69 Å². The summed E-state index contributed by atoms with van der Waals surface area (Å²) in [6, 6.07) is 11.9. The summed E-state index contributed by atoms with van der Waals surface area (Å²) in [4.78, 5) is 18.3. The molecule has 1 atom stereocenters. The van der Waals surface area contributed by atoms with Crippen LogP contribution in [0.25, 0.3) is 0 Å². The molecule has 0 radical (unpaired) electrons. The molecular formula is C19H24N4O2. The van der Waals surface area contributed by atoms with Gasteiger partial charge < -0.3 is 15.7 Å². The Balaban J connectivity index is 1.54. The number of hydrogen-bond donors (Lipinski definition) is 3. The minimum Gasteiger partial charge on any atom is -0.390 e. The highest BCUT2D eigenvalue weighted by Gasteiger charge is 2.19. The van der Waals surface area contributed by atoms with Crippen molar-refractivity contribution in [3.8, 4) is 0 Å². The number of β-amino-alcohol motifs (C(OH)–C–C–N with tert-alkyl or cyclic N) is 1. The van der Waals surface area contributed by atoms with Crippen LogP contribution in [-0.2, 0) is 13.0 Å². The second-order valence-corrected chi connectivity index (χ2v) is 6.27. The molecule has 1 aromatic carbocycles.